The molecule has 0 spiro atoms. The van der Waals surface area contributed by atoms with Gasteiger partial charge in [-0.05, 0) is 36.6 Å². The zero-order valence-corrected chi connectivity index (χ0v) is 12.5. The number of amides is 1. The summed E-state index contributed by atoms with van der Waals surface area (Å²) in [5.41, 5.74) is 6.30. The van der Waals surface area contributed by atoms with Crippen LogP contribution in [0, 0.1) is 5.82 Å². The number of pyridine rings is 1. The standard InChI is InChI=1S/C17H19FN2O2/c1-2-3-4-5-12-6-8-14(9-7-12)22-17-15(18)10-13(11-20-17)16(19)21/h6-11H,2-5H2,1H3,(H2,19,21). The zero-order valence-electron chi connectivity index (χ0n) is 12.5. The maximum Gasteiger partial charge on any atom is 0.255 e. The molecule has 0 bridgehead atoms. The molecule has 0 aliphatic heterocycles. The van der Waals surface area contributed by atoms with E-state index in [2.05, 4.69) is 11.9 Å². The molecule has 1 aromatic heterocycles. The second-order valence-corrected chi connectivity index (χ2v) is 5.08. The van der Waals surface area contributed by atoms with E-state index in [4.69, 9.17) is 10.5 Å². The van der Waals surface area contributed by atoms with E-state index in [1.54, 1.807) is 12.1 Å². The molecular weight excluding hydrogens is 283 g/mol. The third-order valence-electron chi connectivity index (χ3n) is 3.30. The Balaban J connectivity index is 2.03. The van der Waals surface area contributed by atoms with Gasteiger partial charge >= 0.3 is 0 Å². The summed E-state index contributed by atoms with van der Waals surface area (Å²) in [4.78, 5) is 14.7. The SMILES string of the molecule is CCCCCc1ccc(Oc2ncc(C(N)=O)cc2F)cc1. The van der Waals surface area contributed by atoms with Crippen LogP contribution in [-0.2, 0) is 6.42 Å². The van der Waals surface area contributed by atoms with Gasteiger partial charge in [0.25, 0.3) is 5.88 Å². The fraction of sp³-hybridized carbons (Fsp3) is 0.294. The van der Waals surface area contributed by atoms with Crippen molar-refractivity contribution in [1.82, 2.24) is 4.98 Å². The van der Waals surface area contributed by atoms with E-state index in [9.17, 15) is 9.18 Å². The number of primary amides is 1. The molecule has 22 heavy (non-hydrogen) atoms. The lowest BCUT2D eigenvalue weighted by Crippen LogP contribution is -2.11. The van der Waals surface area contributed by atoms with Crippen LogP contribution in [0.15, 0.2) is 36.5 Å². The summed E-state index contributed by atoms with van der Waals surface area (Å²) in [5.74, 6) is -1.13. The molecule has 0 saturated heterocycles. The fourth-order valence-corrected chi connectivity index (χ4v) is 2.05. The van der Waals surface area contributed by atoms with E-state index in [1.165, 1.54) is 24.6 Å². The van der Waals surface area contributed by atoms with Crippen LogP contribution in [0.25, 0.3) is 0 Å². The van der Waals surface area contributed by atoms with Gasteiger partial charge in [0.1, 0.15) is 5.75 Å². The molecule has 2 aromatic rings. The first-order chi connectivity index (χ1) is 10.6. The van der Waals surface area contributed by atoms with Crippen molar-refractivity contribution in [1.29, 1.82) is 0 Å². The molecule has 0 aliphatic rings. The average Bonchev–Trinajstić information content (AvgIpc) is 2.51. The number of aromatic nitrogens is 1. The number of unbranched alkanes of at least 4 members (excludes halogenated alkanes) is 2. The van der Waals surface area contributed by atoms with Gasteiger partial charge in [0, 0.05) is 6.20 Å². The average molecular weight is 302 g/mol. The van der Waals surface area contributed by atoms with Crippen LogP contribution in [0.4, 0.5) is 4.39 Å². The summed E-state index contributed by atoms with van der Waals surface area (Å²) in [6, 6.07) is 8.50. The van der Waals surface area contributed by atoms with Crippen molar-refractivity contribution in [2.45, 2.75) is 32.6 Å². The minimum atomic E-state index is -0.727. The summed E-state index contributed by atoms with van der Waals surface area (Å²) in [5, 5.41) is 0. The van der Waals surface area contributed by atoms with Crippen molar-refractivity contribution < 1.29 is 13.9 Å². The van der Waals surface area contributed by atoms with Gasteiger partial charge < -0.3 is 10.5 Å². The van der Waals surface area contributed by atoms with Crippen LogP contribution < -0.4 is 10.5 Å². The summed E-state index contributed by atoms with van der Waals surface area (Å²) < 4.78 is 19.2. The first-order valence-electron chi connectivity index (χ1n) is 7.32. The summed E-state index contributed by atoms with van der Waals surface area (Å²) >= 11 is 0. The molecule has 1 heterocycles. The summed E-state index contributed by atoms with van der Waals surface area (Å²) in [7, 11) is 0. The van der Waals surface area contributed by atoms with Crippen LogP contribution >= 0.6 is 0 Å². The van der Waals surface area contributed by atoms with E-state index >= 15 is 0 Å². The highest BCUT2D eigenvalue weighted by atomic mass is 19.1. The summed E-state index contributed by atoms with van der Waals surface area (Å²) in [6.07, 6.45) is 5.77. The Morgan fingerprint density at radius 2 is 2.00 bits per heavy atom. The number of hydrogen-bond donors (Lipinski definition) is 1. The third kappa shape index (κ3) is 4.28. The zero-order chi connectivity index (χ0) is 15.9. The molecule has 0 radical (unpaired) electrons. The first-order valence-corrected chi connectivity index (χ1v) is 7.32. The Kier molecular flexibility index (Phi) is 5.47. The number of ether oxygens (including phenoxy) is 1. The van der Waals surface area contributed by atoms with E-state index in [0.29, 0.717) is 5.75 Å². The highest BCUT2D eigenvalue weighted by Gasteiger charge is 2.10. The van der Waals surface area contributed by atoms with Crippen LogP contribution in [0.3, 0.4) is 0 Å². The molecule has 0 atom stereocenters. The van der Waals surface area contributed by atoms with Gasteiger partial charge in [0.05, 0.1) is 5.56 Å². The molecule has 0 fully saturated rings. The maximum absolute atomic E-state index is 13.8. The Labute approximate surface area is 129 Å². The van der Waals surface area contributed by atoms with Crippen LogP contribution in [0.2, 0.25) is 0 Å². The Morgan fingerprint density at radius 1 is 1.27 bits per heavy atom. The third-order valence-corrected chi connectivity index (χ3v) is 3.30. The van der Waals surface area contributed by atoms with Crippen LogP contribution in [0.5, 0.6) is 11.6 Å². The predicted molar refractivity (Wildman–Crippen MR) is 82.5 cm³/mol. The van der Waals surface area contributed by atoms with Gasteiger partial charge in [0.15, 0.2) is 5.82 Å². The molecule has 2 rings (SSSR count). The highest BCUT2D eigenvalue weighted by Crippen LogP contribution is 2.23. The van der Waals surface area contributed by atoms with Gasteiger partial charge in [-0.25, -0.2) is 9.37 Å². The predicted octanol–water partition coefficient (Wildman–Crippen LogP) is 3.84. The Morgan fingerprint density at radius 3 is 2.59 bits per heavy atom. The molecule has 116 valence electrons. The van der Waals surface area contributed by atoms with Crippen molar-refractivity contribution >= 4 is 5.91 Å². The van der Waals surface area contributed by atoms with Gasteiger partial charge in [-0.3, -0.25) is 4.79 Å². The number of rotatable bonds is 7. The molecule has 5 heteroatoms. The van der Waals surface area contributed by atoms with Crippen molar-refractivity contribution in [2.75, 3.05) is 0 Å². The molecular formula is C17H19FN2O2. The Bertz CT molecular complexity index is 642. The van der Waals surface area contributed by atoms with E-state index in [0.717, 1.165) is 18.9 Å². The van der Waals surface area contributed by atoms with Crippen molar-refractivity contribution in [3.8, 4) is 11.6 Å². The van der Waals surface area contributed by atoms with E-state index in [1.807, 2.05) is 12.1 Å². The van der Waals surface area contributed by atoms with Crippen LogP contribution in [0.1, 0.15) is 42.1 Å². The summed E-state index contributed by atoms with van der Waals surface area (Å²) in [6.45, 7) is 2.17. The largest absolute Gasteiger partial charge is 0.436 e. The number of carbonyl (C=O) groups excluding carboxylic acids is 1. The quantitative estimate of drug-likeness (QED) is 0.790. The van der Waals surface area contributed by atoms with Gasteiger partial charge in [-0.1, -0.05) is 31.9 Å². The topological polar surface area (TPSA) is 65.2 Å². The lowest BCUT2D eigenvalue weighted by molar-refractivity contribution is 0.0999. The minimum Gasteiger partial charge on any atom is -0.436 e. The number of benzene rings is 1. The van der Waals surface area contributed by atoms with Crippen LogP contribution in [-0.4, -0.2) is 10.9 Å². The molecule has 2 N–H and O–H groups in total. The molecule has 1 amide bonds. The van der Waals surface area contributed by atoms with Gasteiger partial charge in [-0.15, -0.1) is 0 Å². The number of hydrogen-bond acceptors (Lipinski definition) is 3. The molecule has 4 nitrogen and oxygen atoms in total. The molecule has 0 unspecified atom stereocenters. The number of carbonyl (C=O) groups is 1. The number of nitrogens with zero attached hydrogens (tertiary/aromatic N) is 1. The number of aryl methyl sites for hydroxylation is 1. The molecule has 1 aromatic carbocycles. The lowest BCUT2D eigenvalue weighted by atomic mass is 10.1. The number of halogens is 1. The maximum atomic E-state index is 13.8. The monoisotopic (exact) mass is 302 g/mol. The second kappa shape index (κ2) is 7.54. The van der Waals surface area contributed by atoms with E-state index in [-0.39, 0.29) is 11.4 Å². The fourth-order valence-electron chi connectivity index (χ4n) is 2.05. The molecule has 0 aliphatic carbocycles. The second-order valence-electron chi connectivity index (χ2n) is 5.08. The smallest absolute Gasteiger partial charge is 0.255 e. The minimum absolute atomic E-state index is 0.0103. The van der Waals surface area contributed by atoms with Crippen molar-refractivity contribution in [3.05, 3.63) is 53.5 Å². The highest BCUT2D eigenvalue weighted by molar-refractivity contribution is 5.92. The Hall–Kier alpha value is -2.43. The van der Waals surface area contributed by atoms with Crippen molar-refractivity contribution in [2.24, 2.45) is 5.73 Å². The first kappa shape index (κ1) is 15.9. The normalized spacial score (nSPS) is 10.5. The lowest BCUT2D eigenvalue weighted by Gasteiger charge is -2.07. The number of nitrogens with two attached hydrogens (primary N) is 1. The van der Waals surface area contributed by atoms with Crippen molar-refractivity contribution in [3.63, 3.8) is 0 Å². The van der Waals surface area contributed by atoms with Gasteiger partial charge in [0.2, 0.25) is 5.91 Å². The molecule has 0 saturated carbocycles. The van der Waals surface area contributed by atoms with Gasteiger partial charge in [-0.2, -0.15) is 0 Å². The van der Waals surface area contributed by atoms with E-state index < -0.39 is 11.7 Å².